The van der Waals surface area contributed by atoms with E-state index in [1.165, 1.54) is 4.31 Å². The number of aryl methyl sites for hydroxylation is 1. The third-order valence-corrected chi connectivity index (χ3v) is 7.28. The Morgan fingerprint density at radius 3 is 2.36 bits per heavy atom. The van der Waals surface area contributed by atoms with Crippen LogP contribution in [0, 0.1) is 6.92 Å². The topological polar surface area (TPSA) is 69.7 Å². The lowest BCUT2D eigenvalue weighted by molar-refractivity contribution is -0.117. The molecular weight excluding hydrogens is 466 g/mol. The maximum atomic E-state index is 12.7. The monoisotopic (exact) mass is 485 g/mol. The minimum absolute atomic E-state index is 0.181. The summed E-state index contributed by atoms with van der Waals surface area (Å²) in [5.74, 6) is -0.181. The number of carbonyl (C=O) groups is 1. The Kier molecular flexibility index (Phi) is 6.77. The fraction of sp³-hybridized carbons (Fsp3) is 0.316. The molecule has 1 heterocycles. The minimum Gasteiger partial charge on any atom is -0.324 e. The molecule has 1 saturated heterocycles. The molecule has 0 atom stereocenters. The van der Waals surface area contributed by atoms with Crippen molar-refractivity contribution in [3.8, 4) is 0 Å². The second-order valence-corrected chi connectivity index (χ2v) is 9.93. The third-order valence-electron chi connectivity index (χ3n) is 4.56. The average Bonchev–Trinajstić information content (AvgIpc) is 2.65. The van der Waals surface area contributed by atoms with Gasteiger partial charge in [-0.05, 0) is 37.3 Å². The number of hydrogen-bond donors (Lipinski definition) is 1. The lowest BCUT2D eigenvalue weighted by Crippen LogP contribution is -2.50. The summed E-state index contributed by atoms with van der Waals surface area (Å²) in [5, 5.41) is 3.25. The van der Waals surface area contributed by atoms with E-state index in [1.807, 2.05) is 11.8 Å². The van der Waals surface area contributed by atoms with Crippen LogP contribution in [-0.4, -0.2) is 56.3 Å². The molecule has 9 heteroatoms. The molecule has 6 nitrogen and oxygen atoms in total. The predicted molar refractivity (Wildman–Crippen MR) is 114 cm³/mol. The van der Waals surface area contributed by atoms with Gasteiger partial charge >= 0.3 is 0 Å². The number of piperazine rings is 1. The van der Waals surface area contributed by atoms with Crippen molar-refractivity contribution in [1.29, 1.82) is 0 Å². The molecule has 0 aromatic heterocycles. The molecular formula is C19H21BrClN3O3S. The van der Waals surface area contributed by atoms with Gasteiger partial charge in [0.15, 0.2) is 0 Å². The van der Waals surface area contributed by atoms with Gasteiger partial charge in [-0.25, -0.2) is 8.42 Å². The second-order valence-electron chi connectivity index (χ2n) is 6.67. The van der Waals surface area contributed by atoms with E-state index < -0.39 is 10.0 Å². The predicted octanol–water partition coefficient (Wildman–Crippen LogP) is 3.36. The van der Waals surface area contributed by atoms with Gasteiger partial charge in [0.25, 0.3) is 0 Å². The van der Waals surface area contributed by atoms with Crippen molar-refractivity contribution >= 4 is 49.1 Å². The fourth-order valence-corrected chi connectivity index (χ4v) is 5.11. The number of halogens is 2. The summed E-state index contributed by atoms with van der Waals surface area (Å²) in [7, 11) is -3.50. The number of anilines is 1. The summed E-state index contributed by atoms with van der Waals surface area (Å²) in [6.45, 7) is 3.79. The van der Waals surface area contributed by atoms with E-state index in [9.17, 15) is 13.2 Å². The van der Waals surface area contributed by atoms with E-state index in [2.05, 4.69) is 21.2 Å². The SMILES string of the molecule is Cc1ccc(S(=O)(=O)N2CCN(CC(=O)Nc3ccc(Br)cc3Cl)CC2)cc1. The smallest absolute Gasteiger partial charge is 0.243 e. The van der Waals surface area contributed by atoms with Gasteiger partial charge in [-0.15, -0.1) is 0 Å². The number of rotatable bonds is 5. The Hall–Kier alpha value is -1.45. The number of sulfonamides is 1. The minimum atomic E-state index is -3.50. The third kappa shape index (κ3) is 5.12. The van der Waals surface area contributed by atoms with Gasteiger partial charge in [0, 0.05) is 30.7 Å². The maximum absolute atomic E-state index is 12.7. The van der Waals surface area contributed by atoms with Crippen LogP contribution in [0.25, 0.3) is 0 Å². The summed E-state index contributed by atoms with van der Waals surface area (Å²) >= 11 is 9.45. The Morgan fingerprint density at radius 2 is 1.75 bits per heavy atom. The van der Waals surface area contributed by atoms with E-state index >= 15 is 0 Å². The summed E-state index contributed by atoms with van der Waals surface area (Å²) in [5.41, 5.74) is 1.57. The molecule has 1 aliphatic rings. The molecule has 1 fully saturated rings. The molecule has 0 aliphatic carbocycles. The first-order valence-corrected chi connectivity index (χ1v) is 11.4. The number of nitrogens with one attached hydrogen (secondary N) is 1. The van der Waals surface area contributed by atoms with Crippen molar-refractivity contribution in [3.63, 3.8) is 0 Å². The molecule has 0 saturated carbocycles. The number of benzene rings is 2. The average molecular weight is 487 g/mol. The Balaban J connectivity index is 1.55. The van der Waals surface area contributed by atoms with Crippen LogP contribution in [0.15, 0.2) is 51.8 Å². The molecule has 0 spiro atoms. The molecule has 2 aromatic rings. The van der Waals surface area contributed by atoms with Crippen LogP contribution in [0.3, 0.4) is 0 Å². The Bertz CT molecular complexity index is 959. The summed E-state index contributed by atoms with van der Waals surface area (Å²) in [6.07, 6.45) is 0. The molecule has 2 aromatic carbocycles. The quantitative estimate of drug-likeness (QED) is 0.704. The maximum Gasteiger partial charge on any atom is 0.243 e. The van der Waals surface area contributed by atoms with E-state index in [0.717, 1.165) is 10.0 Å². The zero-order chi connectivity index (χ0) is 20.3. The highest BCUT2D eigenvalue weighted by Crippen LogP contribution is 2.25. The second kappa shape index (κ2) is 8.92. The van der Waals surface area contributed by atoms with Crippen LogP contribution in [0.4, 0.5) is 5.69 Å². The van der Waals surface area contributed by atoms with Crippen molar-refractivity contribution in [3.05, 3.63) is 57.5 Å². The zero-order valence-corrected chi connectivity index (χ0v) is 18.5. The van der Waals surface area contributed by atoms with E-state index in [4.69, 9.17) is 11.6 Å². The summed E-state index contributed by atoms with van der Waals surface area (Å²) in [6, 6.07) is 12.1. The van der Waals surface area contributed by atoms with E-state index in [-0.39, 0.29) is 12.5 Å². The van der Waals surface area contributed by atoms with Gasteiger partial charge in [-0.1, -0.05) is 45.2 Å². The van der Waals surface area contributed by atoms with Crippen LogP contribution >= 0.6 is 27.5 Å². The number of nitrogens with zero attached hydrogens (tertiary/aromatic N) is 2. The molecule has 150 valence electrons. The lowest BCUT2D eigenvalue weighted by Gasteiger charge is -2.33. The molecule has 1 aliphatic heterocycles. The van der Waals surface area contributed by atoms with Crippen LogP contribution in [0.1, 0.15) is 5.56 Å². The van der Waals surface area contributed by atoms with Crippen LogP contribution in [-0.2, 0) is 14.8 Å². The fourth-order valence-electron chi connectivity index (χ4n) is 2.97. The first-order valence-electron chi connectivity index (χ1n) is 8.80. The zero-order valence-electron chi connectivity index (χ0n) is 15.4. The highest BCUT2D eigenvalue weighted by molar-refractivity contribution is 9.10. The molecule has 0 bridgehead atoms. The normalized spacial score (nSPS) is 16.1. The molecule has 0 radical (unpaired) electrons. The molecule has 1 N–H and O–H groups in total. The van der Waals surface area contributed by atoms with Crippen LogP contribution in [0.5, 0.6) is 0 Å². The van der Waals surface area contributed by atoms with Crippen molar-refractivity contribution in [2.45, 2.75) is 11.8 Å². The van der Waals surface area contributed by atoms with Gasteiger partial charge in [0.2, 0.25) is 15.9 Å². The van der Waals surface area contributed by atoms with Crippen molar-refractivity contribution in [1.82, 2.24) is 9.21 Å². The van der Waals surface area contributed by atoms with Crippen LogP contribution < -0.4 is 5.32 Å². The Morgan fingerprint density at radius 1 is 1.11 bits per heavy atom. The largest absolute Gasteiger partial charge is 0.324 e. The van der Waals surface area contributed by atoms with Crippen LogP contribution in [0.2, 0.25) is 5.02 Å². The van der Waals surface area contributed by atoms with E-state index in [0.29, 0.717) is 41.8 Å². The summed E-state index contributed by atoms with van der Waals surface area (Å²) < 4.78 is 27.8. The number of amides is 1. The van der Waals surface area contributed by atoms with Gasteiger partial charge in [0.05, 0.1) is 22.2 Å². The molecule has 0 unspecified atom stereocenters. The standard InChI is InChI=1S/C19H21BrClN3O3S/c1-14-2-5-16(6-3-14)28(26,27)24-10-8-23(9-11-24)13-19(25)22-18-7-4-15(20)12-17(18)21/h2-7,12H,8-11,13H2,1H3,(H,22,25). The number of carbonyl (C=O) groups excluding carboxylic acids is 1. The van der Waals surface area contributed by atoms with Crippen molar-refractivity contribution in [2.24, 2.45) is 0 Å². The first-order chi connectivity index (χ1) is 13.3. The number of hydrogen-bond acceptors (Lipinski definition) is 4. The molecule has 3 rings (SSSR count). The van der Waals surface area contributed by atoms with Crippen molar-refractivity contribution in [2.75, 3.05) is 38.0 Å². The van der Waals surface area contributed by atoms with Gasteiger partial charge in [-0.2, -0.15) is 4.31 Å². The highest BCUT2D eigenvalue weighted by Gasteiger charge is 2.29. The van der Waals surface area contributed by atoms with Crippen molar-refractivity contribution < 1.29 is 13.2 Å². The lowest BCUT2D eigenvalue weighted by atomic mass is 10.2. The highest BCUT2D eigenvalue weighted by atomic mass is 79.9. The Labute approximate surface area is 178 Å². The van der Waals surface area contributed by atoms with Gasteiger partial charge < -0.3 is 5.32 Å². The first kappa shape index (κ1) is 21.3. The van der Waals surface area contributed by atoms with Gasteiger partial charge in [-0.3, -0.25) is 9.69 Å². The van der Waals surface area contributed by atoms with Gasteiger partial charge in [0.1, 0.15) is 0 Å². The summed E-state index contributed by atoms with van der Waals surface area (Å²) in [4.78, 5) is 14.5. The molecule has 28 heavy (non-hydrogen) atoms. The van der Waals surface area contributed by atoms with E-state index in [1.54, 1.807) is 42.5 Å². The molecule has 1 amide bonds.